The number of hydrogen-bond donors (Lipinski definition) is 0. The van der Waals surface area contributed by atoms with Crippen LogP contribution in [0.4, 0.5) is 0 Å². The number of nitrogens with zero attached hydrogens (tertiary/aromatic N) is 1. The maximum atomic E-state index is 10.9. The van der Waals surface area contributed by atoms with E-state index in [0.717, 1.165) is 0 Å². The van der Waals surface area contributed by atoms with Gasteiger partial charge in [0.2, 0.25) is 0 Å². The van der Waals surface area contributed by atoms with Crippen molar-refractivity contribution in [2.24, 2.45) is 0 Å². The Labute approximate surface area is 97.7 Å². The Balaban J connectivity index is 3.15. The molecule has 0 N–H and O–H groups in total. The van der Waals surface area contributed by atoms with Gasteiger partial charge in [0.15, 0.2) is 0 Å². The summed E-state index contributed by atoms with van der Waals surface area (Å²) in [6.07, 6.45) is 5.02. The number of aromatic nitrogens is 1. The zero-order valence-electron chi connectivity index (χ0n) is 9.04. The summed E-state index contributed by atoms with van der Waals surface area (Å²) in [6, 6.07) is 3.18. The maximum absolute atomic E-state index is 10.9. The molecule has 5 nitrogen and oxygen atoms in total. The standard InChI is InChI=1S/C12H11NO4/c1-8(6-11(14)15)10(12(16)17)7-9-2-4-13-5-3-9/h2-7H,1H3,(H,14,15)(H,16,17)/p-2. The normalized spacial score (nSPS) is 12.3. The van der Waals surface area contributed by atoms with E-state index in [1.807, 2.05) is 0 Å². The molecule has 0 amide bonds. The van der Waals surface area contributed by atoms with E-state index in [4.69, 9.17) is 0 Å². The molecular weight excluding hydrogens is 222 g/mol. The van der Waals surface area contributed by atoms with Crippen LogP contribution in [0.2, 0.25) is 0 Å². The summed E-state index contributed by atoms with van der Waals surface area (Å²) in [6.45, 7) is 1.36. The van der Waals surface area contributed by atoms with Crippen molar-refractivity contribution in [3.05, 3.63) is 47.3 Å². The highest BCUT2D eigenvalue weighted by Crippen LogP contribution is 2.13. The molecule has 1 aromatic heterocycles. The second kappa shape index (κ2) is 5.60. The van der Waals surface area contributed by atoms with Crippen molar-refractivity contribution < 1.29 is 19.8 Å². The van der Waals surface area contributed by atoms with Crippen LogP contribution in [-0.2, 0) is 9.59 Å². The zero-order chi connectivity index (χ0) is 12.8. The van der Waals surface area contributed by atoms with Gasteiger partial charge in [-0.2, -0.15) is 0 Å². The number of carbonyl (C=O) groups is 2. The largest absolute Gasteiger partial charge is 0.545 e. The average Bonchev–Trinajstić information content (AvgIpc) is 2.25. The molecule has 0 aliphatic heterocycles. The van der Waals surface area contributed by atoms with Crippen molar-refractivity contribution in [1.29, 1.82) is 0 Å². The molecule has 0 saturated carbocycles. The lowest BCUT2D eigenvalue weighted by molar-refractivity contribution is -0.298. The van der Waals surface area contributed by atoms with Crippen molar-refractivity contribution in [3.63, 3.8) is 0 Å². The Morgan fingerprint density at radius 1 is 1.24 bits per heavy atom. The lowest BCUT2D eigenvalue weighted by Crippen LogP contribution is -2.26. The predicted octanol–water partition coefficient (Wildman–Crippen LogP) is -1.09. The summed E-state index contributed by atoms with van der Waals surface area (Å²) in [5, 5.41) is 21.2. The van der Waals surface area contributed by atoms with Crippen LogP contribution in [0.1, 0.15) is 12.5 Å². The molecule has 0 aliphatic rings. The fraction of sp³-hybridized carbons (Fsp3) is 0.0833. The van der Waals surface area contributed by atoms with Gasteiger partial charge in [-0.15, -0.1) is 0 Å². The lowest BCUT2D eigenvalue weighted by atomic mass is 10.0. The Kier molecular flexibility index (Phi) is 4.16. The van der Waals surface area contributed by atoms with Gasteiger partial charge in [-0.25, -0.2) is 0 Å². The van der Waals surface area contributed by atoms with E-state index in [-0.39, 0.29) is 11.1 Å². The van der Waals surface area contributed by atoms with E-state index in [0.29, 0.717) is 11.6 Å². The SMILES string of the molecule is CC(=CC(=O)[O-])C(=Cc1ccncc1)C(=O)[O-]. The summed E-state index contributed by atoms with van der Waals surface area (Å²) >= 11 is 0. The highest BCUT2D eigenvalue weighted by atomic mass is 16.4. The van der Waals surface area contributed by atoms with Gasteiger partial charge in [-0.05, 0) is 42.3 Å². The Morgan fingerprint density at radius 3 is 2.29 bits per heavy atom. The van der Waals surface area contributed by atoms with Crippen molar-refractivity contribution >= 4 is 18.0 Å². The first-order valence-corrected chi connectivity index (χ1v) is 4.73. The first-order valence-electron chi connectivity index (χ1n) is 4.73. The molecule has 0 radical (unpaired) electrons. The van der Waals surface area contributed by atoms with Gasteiger partial charge < -0.3 is 19.8 Å². The van der Waals surface area contributed by atoms with Crippen LogP contribution in [-0.4, -0.2) is 16.9 Å². The number of carboxylic acids is 2. The number of pyridine rings is 1. The van der Waals surface area contributed by atoms with Crippen molar-refractivity contribution in [1.82, 2.24) is 4.98 Å². The third-order valence-corrected chi connectivity index (χ3v) is 2.00. The molecule has 0 saturated heterocycles. The first kappa shape index (κ1) is 12.6. The molecule has 0 aliphatic carbocycles. The summed E-state index contributed by atoms with van der Waals surface area (Å²) in [7, 11) is 0. The number of rotatable bonds is 4. The van der Waals surface area contributed by atoms with Gasteiger partial charge in [-0.3, -0.25) is 4.98 Å². The molecule has 1 heterocycles. The van der Waals surface area contributed by atoms with E-state index in [1.54, 1.807) is 12.1 Å². The fourth-order valence-electron chi connectivity index (χ4n) is 1.21. The van der Waals surface area contributed by atoms with Crippen LogP contribution in [0.5, 0.6) is 0 Å². The minimum Gasteiger partial charge on any atom is -0.545 e. The van der Waals surface area contributed by atoms with Crippen molar-refractivity contribution in [2.45, 2.75) is 6.92 Å². The van der Waals surface area contributed by atoms with Gasteiger partial charge in [0, 0.05) is 18.0 Å². The summed E-state index contributed by atoms with van der Waals surface area (Å²) in [5.74, 6) is -2.90. The summed E-state index contributed by atoms with van der Waals surface area (Å²) < 4.78 is 0. The van der Waals surface area contributed by atoms with Crippen LogP contribution in [0, 0.1) is 0 Å². The summed E-state index contributed by atoms with van der Waals surface area (Å²) in [4.78, 5) is 25.0. The smallest absolute Gasteiger partial charge is 0.0718 e. The van der Waals surface area contributed by atoms with E-state index in [2.05, 4.69) is 4.98 Å². The maximum Gasteiger partial charge on any atom is 0.0718 e. The molecule has 0 aromatic carbocycles. The van der Waals surface area contributed by atoms with Crippen LogP contribution >= 0.6 is 0 Å². The predicted molar refractivity (Wildman–Crippen MR) is 56.0 cm³/mol. The molecule has 0 unspecified atom stereocenters. The molecule has 0 bridgehead atoms. The number of carbonyl (C=O) groups excluding carboxylic acids is 2. The molecule has 0 spiro atoms. The highest BCUT2D eigenvalue weighted by Gasteiger charge is 2.02. The minimum absolute atomic E-state index is 0.0572. The van der Waals surface area contributed by atoms with Gasteiger partial charge in [0.05, 0.1) is 11.9 Å². The van der Waals surface area contributed by atoms with Crippen LogP contribution < -0.4 is 10.2 Å². The fourth-order valence-corrected chi connectivity index (χ4v) is 1.21. The zero-order valence-corrected chi connectivity index (χ0v) is 9.04. The number of hydrogen-bond acceptors (Lipinski definition) is 5. The Hall–Kier alpha value is -2.43. The molecule has 88 valence electrons. The topological polar surface area (TPSA) is 93.2 Å². The molecule has 0 atom stereocenters. The van der Waals surface area contributed by atoms with E-state index >= 15 is 0 Å². The first-order chi connectivity index (χ1) is 8.00. The van der Waals surface area contributed by atoms with Crippen LogP contribution in [0.25, 0.3) is 6.08 Å². The molecule has 0 fully saturated rings. The highest BCUT2D eigenvalue weighted by molar-refractivity contribution is 5.97. The third kappa shape index (κ3) is 3.90. The van der Waals surface area contributed by atoms with E-state index in [1.165, 1.54) is 25.4 Å². The lowest BCUT2D eigenvalue weighted by Gasteiger charge is -2.10. The third-order valence-electron chi connectivity index (χ3n) is 2.00. The average molecular weight is 231 g/mol. The van der Waals surface area contributed by atoms with E-state index in [9.17, 15) is 19.8 Å². The monoisotopic (exact) mass is 231 g/mol. The van der Waals surface area contributed by atoms with Gasteiger partial charge >= 0.3 is 0 Å². The van der Waals surface area contributed by atoms with Crippen molar-refractivity contribution in [2.75, 3.05) is 0 Å². The molecular formula is C12H9NO4-2. The van der Waals surface area contributed by atoms with Crippen molar-refractivity contribution in [3.8, 4) is 0 Å². The molecule has 5 heteroatoms. The van der Waals surface area contributed by atoms with Crippen LogP contribution in [0.3, 0.4) is 0 Å². The Bertz CT molecular complexity index is 488. The van der Waals surface area contributed by atoms with Gasteiger partial charge in [0.1, 0.15) is 0 Å². The van der Waals surface area contributed by atoms with E-state index < -0.39 is 11.9 Å². The molecule has 1 rings (SSSR count). The van der Waals surface area contributed by atoms with Crippen LogP contribution in [0.15, 0.2) is 41.7 Å². The molecule has 1 aromatic rings. The second-order valence-electron chi connectivity index (χ2n) is 3.27. The summed E-state index contributed by atoms with van der Waals surface area (Å²) in [5.41, 5.74) is 0.438. The second-order valence-corrected chi connectivity index (χ2v) is 3.27. The minimum atomic E-state index is -1.45. The van der Waals surface area contributed by atoms with Gasteiger partial charge in [-0.1, -0.05) is 0 Å². The number of carboxylic acid groups (broad SMARTS) is 2. The number of aliphatic carboxylic acids is 2. The molecule has 17 heavy (non-hydrogen) atoms. The Morgan fingerprint density at radius 2 is 1.82 bits per heavy atom. The quantitative estimate of drug-likeness (QED) is 0.485. The van der Waals surface area contributed by atoms with Gasteiger partial charge in [0.25, 0.3) is 0 Å².